The Morgan fingerprint density at radius 1 is 1.15 bits per heavy atom. The molecule has 0 atom stereocenters. The number of halogens is 2. The van der Waals surface area contributed by atoms with Crippen molar-refractivity contribution in [2.24, 2.45) is 0 Å². The molecular weight excluding hydrogens is 260 g/mol. The number of nitrogens with one attached hydrogen (secondary N) is 1. The number of nitrogens with two attached hydrogens (primary N) is 1. The number of nitrogens with zero attached hydrogens (tertiary/aromatic N) is 1. The second-order valence-corrected chi connectivity index (χ2v) is 4.85. The van der Waals surface area contributed by atoms with Gasteiger partial charge >= 0.3 is 0 Å². The molecular formula is C15H13F2N3. The van der Waals surface area contributed by atoms with Gasteiger partial charge in [0.05, 0.1) is 5.52 Å². The number of aromatic amines is 1. The smallest absolute Gasteiger partial charge is 0.186 e. The highest BCUT2D eigenvalue weighted by atomic mass is 19.2. The number of nitrogen functional groups attached to an aromatic ring is 1. The molecule has 0 aliphatic heterocycles. The minimum absolute atomic E-state index is 0.000484. The van der Waals surface area contributed by atoms with Gasteiger partial charge in [0.2, 0.25) is 0 Å². The van der Waals surface area contributed by atoms with Gasteiger partial charge in [0, 0.05) is 11.3 Å². The molecule has 3 nitrogen and oxygen atoms in total. The summed E-state index contributed by atoms with van der Waals surface area (Å²) in [6.45, 7) is 3.88. The fraction of sp³-hybridized carbons (Fsp3) is 0.133. The molecule has 1 aromatic heterocycles. The van der Waals surface area contributed by atoms with Gasteiger partial charge in [-0.1, -0.05) is 0 Å². The van der Waals surface area contributed by atoms with Crippen LogP contribution in [0, 0.1) is 25.5 Å². The highest BCUT2D eigenvalue weighted by molar-refractivity contribution is 5.81. The summed E-state index contributed by atoms with van der Waals surface area (Å²) in [4.78, 5) is 7.16. The fourth-order valence-corrected chi connectivity index (χ4v) is 2.28. The second-order valence-electron chi connectivity index (χ2n) is 4.85. The first kappa shape index (κ1) is 12.6. The van der Waals surface area contributed by atoms with Crippen LogP contribution in [0.4, 0.5) is 14.5 Å². The van der Waals surface area contributed by atoms with Crippen molar-refractivity contribution in [2.75, 3.05) is 5.73 Å². The SMILES string of the molecule is Cc1cc(N)cc(-c2nc3c(F)c(F)ccc3[nH]2)c1C. The van der Waals surface area contributed by atoms with Gasteiger partial charge in [0.15, 0.2) is 11.6 Å². The summed E-state index contributed by atoms with van der Waals surface area (Å²) < 4.78 is 26.9. The zero-order chi connectivity index (χ0) is 14.4. The lowest BCUT2D eigenvalue weighted by atomic mass is 10.0. The molecule has 3 N–H and O–H groups in total. The zero-order valence-corrected chi connectivity index (χ0v) is 11.1. The highest BCUT2D eigenvalue weighted by Gasteiger charge is 2.14. The third-order valence-corrected chi connectivity index (χ3v) is 3.49. The maximum atomic E-state index is 13.7. The van der Waals surface area contributed by atoms with Crippen LogP contribution in [-0.2, 0) is 0 Å². The fourth-order valence-electron chi connectivity index (χ4n) is 2.28. The molecule has 0 saturated heterocycles. The van der Waals surface area contributed by atoms with Crippen LogP contribution >= 0.6 is 0 Å². The predicted molar refractivity (Wildman–Crippen MR) is 75.3 cm³/mol. The molecule has 0 fully saturated rings. The quantitative estimate of drug-likeness (QED) is 0.664. The van der Waals surface area contributed by atoms with Gasteiger partial charge in [-0.05, 0) is 49.2 Å². The van der Waals surface area contributed by atoms with Crippen molar-refractivity contribution in [1.82, 2.24) is 9.97 Å². The van der Waals surface area contributed by atoms with Gasteiger partial charge in [0.25, 0.3) is 0 Å². The maximum Gasteiger partial charge on any atom is 0.186 e. The molecule has 0 radical (unpaired) electrons. The average molecular weight is 273 g/mol. The number of anilines is 1. The van der Waals surface area contributed by atoms with E-state index in [2.05, 4.69) is 9.97 Å². The lowest BCUT2D eigenvalue weighted by Gasteiger charge is -2.07. The second kappa shape index (κ2) is 4.30. The summed E-state index contributed by atoms with van der Waals surface area (Å²) in [7, 11) is 0. The van der Waals surface area contributed by atoms with Crippen molar-refractivity contribution in [3.63, 3.8) is 0 Å². The average Bonchev–Trinajstić information content (AvgIpc) is 2.83. The minimum atomic E-state index is -0.941. The van der Waals surface area contributed by atoms with Gasteiger partial charge in [-0.3, -0.25) is 0 Å². The Morgan fingerprint density at radius 2 is 1.90 bits per heavy atom. The monoisotopic (exact) mass is 273 g/mol. The molecule has 0 aliphatic carbocycles. The topological polar surface area (TPSA) is 54.7 Å². The van der Waals surface area contributed by atoms with E-state index in [1.54, 1.807) is 6.07 Å². The first-order chi connectivity index (χ1) is 9.47. The van der Waals surface area contributed by atoms with Crippen molar-refractivity contribution in [2.45, 2.75) is 13.8 Å². The zero-order valence-electron chi connectivity index (χ0n) is 11.1. The van der Waals surface area contributed by atoms with E-state index in [4.69, 9.17) is 5.73 Å². The standard InChI is InChI=1S/C15H13F2N3/c1-7-5-9(18)6-10(8(7)2)15-19-12-4-3-11(16)13(17)14(12)20-15/h3-6H,18H2,1-2H3,(H,19,20). The molecule has 102 valence electrons. The van der Waals surface area contributed by atoms with Gasteiger partial charge in [-0.25, -0.2) is 13.8 Å². The summed E-state index contributed by atoms with van der Waals surface area (Å²) in [5, 5.41) is 0. The largest absolute Gasteiger partial charge is 0.399 e. The van der Waals surface area contributed by atoms with E-state index in [1.807, 2.05) is 19.9 Å². The third kappa shape index (κ3) is 1.82. The lowest BCUT2D eigenvalue weighted by Crippen LogP contribution is -1.93. The number of benzene rings is 2. The van der Waals surface area contributed by atoms with Gasteiger partial charge in [-0.15, -0.1) is 0 Å². The summed E-state index contributed by atoms with van der Waals surface area (Å²) in [5.41, 5.74) is 9.71. The first-order valence-electron chi connectivity index (χ1n) is 6.18. The Hall–Kier alpha value is -2.43. The summed E-state index contributed by atoms with van der Waals surface area (Å²) in [6, 6.07) is 6.19. The van der Waals surface area contributed by atoms with E-state index in [0.717, 1.165) is 22.8 Å². The number of fused-ring (bicyclic) bond motifs is 1. The molecule has 1 heterocycles. The van der Waals surface area contributed by atoms with Crippen LogP contribution in [0.3, 0.4) is 0 Å². The van der Waals surface area contributed by atoms with Crippen molar-refractivity contribution in [3.05, 3.63) is 47.0 Å². The first-order valence-corrected chi connectivity index (χ1v) is 6.18. The van der Waals surface area contributed by atoms with E-state index in [0.29, 0.717) is 17.0 Å². The molecule has 5 heteroatoms. The van der Waals surface area contributed by atoms with Crippen LogP contribution in [0.2, 0.25) is 0 Å². The number of aryl methyl sites for hydroxylation is 1. The van der Waals surface area contributed by atoms with Crippen molar-refractivity contribution < 1.29 is 8.78 Å². The van der Waals surface area contributed by atoms with Gasteiger partial charge < -0.3 is 10.7 Å². The number of aromatic nitrogens is 2. The van der Waals surface area contributed by atoms with E-state index in [-0.39, 0.29) is 5.52 Å². The maximum absolute atomic E-state index is 13.7. The third-order valence-electron chi connectivity index (χ3n) is 3.49. The molecule has 3 aromatic rings. The number of H-pyrrole nitrogens is 1. The Morgan fingerprint density at radius 3 is 2.65 bits per heavy atom. The van der Waals surface area contributed by atoms with Gasteiger partial charge in [0.1, 0.15) is 11.3 Å². The minimum Gasteiger partial charge on any atom is -0.399 e. The summed E-state index contributed by atoms with van der Waals surface area (Å²) >= 11 is 0. The normalized spacial score (nSPS) is 11.2. The highest BCUT2D eigenvalue weighted by Crippen LogP contribution is 2.29. The Bertz CT molecular complexity index is 822. The lowest BCUT2D eigenvalue weighted by molar-refractivity contribution is 0.515. The number of hydrogen-bond acceptors (Lipinski definition) is 2. The van der Waals surface area contributed by atoms with Crippen LogP contribution in [0.5, 0.6) is 0 Å². The van der Waals surface area contributed by atoms with Crippen LogP contribution in [0.25, 0.3) is 22.4 Å². The molecule has 0 unspecified atom stereocenters. The van der Waals surface area contributed by atoms with Crippen LogP contribution in [-0.4, -0.2) is 9.97 Å². The summed E-state index contributed by atoms with van der Waals surface area (Å²) in [5.74, 6) is -1.36. The number of rotatable bonds is 1. The molecule has 0 saturated carbocycles. The van der Waals surface area contributed by atoms with Gasteiger partial charge in [-0.2, -0.15) is 0 Å². The van der Waals surface area contributed by atoms with Crippen LogP contribution in [0.15, 0.2) is 24.3 Å². The molecule has 3 rings (SSSR count). The van der Waals surface area contributed by atoms with Crippen LogP contribution in [0.1, 0.15) is 11.1 Å². The molecule has 0 amide bonds. The molecule has 0 bridgehead atoms. The Balaban J connectivity index is 2.28. The van der Waals surface area contributed by atoms with E-state index >= 15 is 0 Å². The van der Waals surface area contributed by atoms with Crippen molar-refractivity contribution >= 4 is 16.7 Å². The Labute approximate surface area is 114 Å². The van der Waals surface area contributed by atoms with E-state index in [1.165, 1.54) is 6.07 Å². The van der Waals surface area contributed by atoms with Crippen LogP contribution < -0.4 is 5.73 Å². The van der Waals surface area contributed by atoms with Crippen molar-refractivity contribution in [1.29, 1.82) is 0 Å². The molecule has 0 aliphatic rings. The summed E-state index contributed by atoms with van der Waals surface area (Å²) in [6.07, 6.45) is 0. The Kier molecular flexibility index (Phi) is 2.71. The number of imidazole rings is 1. The molecule has 20 heavy (non-hydrogen) atoms. The van der Waals surface area contributed by atoms with Crippen molar-refractivity contribution in [3.8, 4) is 11.4 Å². The number of hydrogen-bond donors (Lipinski definition) is 2. The molecule has 0 spiro atoms. The molecule has 2 aromatic carbocycles. The predicted octanol–water partition coefficient (Wildman–Crippen LogP) is 3.71. The van der Waals surface area contributed by atoms with E-state index in [9.17, 15) is 8.78 Å². The van der Waals surface area contributed by atoms with E-state index < -0.39 is 11.6 Å².